The molecule has 1 N–H and O–H groups in total. The molecule has 0 bridgehead atoms. The monoisotopic (exact) mass is 313 g/mol. The second kappa shape index (κ2) is 6.53. The van der Waals surface area contributed by atoms with E-state index in [-0.39, 0.29) is 5.91 Å². The molecule has 5 nitrogen and oxygen atoms in total. The van der Waals surface area contributed by atoms with Crippen LogP contribution in [0.3, 0.4) is 0 Å². The third-order valence-corrected chi connectivity index (χ3v) is 3.98. The summed E-state index contributed by atoms with van der Waals surface area (Å²) in [4.78, 5) is 20.3. The zero-order chi connectivity index (χ0) is 15.4. The first-order valence-corrected chi connectivity index (χ1v) is 7.80. The normalized spacial score (nSPS) is 10.6. The molecular weight excluding hydrogens is 298 g/mol. The molecule has 3 aromatic rings. The molecule has 1 amide bonds. The van der Waals surface area contributed by atoms with Gasteiger partial charge in [-0.1, -0.05) is 0 Å². The summed E-state index contributed by atoms with van der Waals surface area (Å²) in [6.07, 6.45) is 4.40. The van der Waals surface area contributed by atoms with Gasteiger partial charge in [-0.05, 0) is 31.2 Å². The fourth-order valence-electron chi connectivity index (χ4n) is 2.02. The molecule has 0 unspecified atom stereocenters. The minimum Gasteiger partial charge on any atom is -0.466 e. The lowest BCUT2D eigenvalue weighted by Crippen LogP contribution is -2.12. The van der Waals surface area contributed by atoms with E-state index in [0.29, 0.717) is 18.7 Å². The number of hydrogen-bond donors (Lipinski definition) is 1. The van der Waals surface area contributed by atoms with Crippen LogP contribution in [0.2, 0.25) is 0 Å². The standard InChI is InChI=1S/C16H15N3O2S/c1-11-2-3-13(21-11)4-5-15(20)18-14-10-22-16(19-14)12-6-8-17-9-7-12/h2-3,6-10H,4-5H2,1H3,(H,18,20). The van der Waals surface area contributed by atoms with Gasteiger partial charge in [0.25, 0.3) is 0 Å². The molecule has 6 heteroatoms. The van der Waals surface area contributed by atoms with Gasteiger partial charge >= 0.3 is 0 Å². The van der Waals surface area contributed by atoms with Crippen LogP contribution in [0.5, 0.6) is 0 Å². The van der Waals surface area contributed by atoms with Crippen molar-refractivity contribution in [1.29, 1.82) is 0 Å². The van der Waals surface area contributed by atoms with E-state index < -0.39 is 0 Å². The van der Waals surface area contributed by atoms with Crippen molar-refractivity contribution in [3.63, 3.8) is 0 Å². The van der Waals surface area contributed by atoms with Gasteiger partial charge in [0.15, 0.2) is 0 Å². The summed E-state index contributed by atoms with van der Waals surface area (Å²) in [5, 5.41) is 5.51. The summed E-state index contributed by atoms with van der Waals surface area (Å²) in [6, 6.07) is 7.58. The summed E-state index contributed by atoms with van der Waals surface area (Å²) in [7, 11) is 0. The molecule has 0 aliphatic carbocycles. The average Bonchev–Trinajstić information content (AvgIpc) is 3.15. The highest BCUT2D eigenvalue weighted by Crippen LogP contribution is 2.25. The van der Waals surface area contributed by atoms with E-state index in [1.165, 1.54) is 11.3 Å². The van der Waals surface area contributed by atoms with Gasteiger partial charge in [0.1, 0.15) is 22.3 Å². The van der Waals surface area contributed by atoms with E-state index in [0.717, 1.165) is 22.1 Å². The highest BCUT2D eigenvalue weighted by atomic mass is 32.1. The number of carbonyl (C=O) groups is 1. The minimum atomic E-state index is -0.0689. The third kappa shape index (κ3) is 3.59. The number of amides is 1. The lowest BCUT2D eigenvalue weighted by atomic mass is 10.2. The quantitative estimate of drug-likeness (QED) is 0.780. The van der Waals surface area contributed by atoms with Gasteiger partial charge in [0, 0.05) is 36.2 Å². The summed E-state index contributed by atoms with van der Waals surface area (Å²) >= 11 is 1.49. The molecule has 0 fully saturated rings. The maximum atomic E-state index is 11.9. The smallest absolute Gasteiger partial charge is 0.225 e. The Balaban J connectivity index is 1.57. The van der Waals surface area contributed by atoms with Gasteiger partial charge in [-0.25, -0.2) is 4.98 Å². The van der Waals surface area contributed by atoms with Crippen LogP contribution in [0.4, 0.5) is 5.82 Å². The topological polar surface area (TPSA) is 68.0 Å². The number of thiazole rings is 1. The molecule has 0 aromatic carbocycles. The van der Waals surface area contributed by atoms with E-state index >= 15 is 0 Å². The third-order valence-electron chi connectivity index (χ3n) is 3.09. The number of anilines is 1. The molecule has 22 heavy (non-hydrogen) atoms. The predicted molar refractivity (Wildman–Crippen MR) is 85.7 cm³/mol. The second-order valence-electron chi connectivity index (χ2n) is 4.83. The average molecular weight is 313 g/mol. The molecule has 0 spiro atoms. The Bertz CT molecular complexity index is 765. The Kier molecular flexibility index (Phi) is 4.29. The first kappa shape index (κ1) is 14.5. The number of rotatable bonds is 5. The first-order chi connectivity index (χ1) is 10.7. The van der Waals surface area contributed by atoms with E-state index in [2.05, 4.69) is 15.3 Å². The Morgan fingerprint density at radius 3 is 2.82 bits per heavy atom. The fourth-order valence-corrected chi connectivity index (χ4v) is 2.78. The number of furan rings is 1. The molecule has 112 valence electrons. The maximum absolute atomic E-state index is 11.9. The summed E-state index contributed by atoms with van der Waals surface area (Å²) < 4.78 is 5.45. The van der Waals surface area contributed by atoms with Gasteiger partial charge in [-0.2, -0.15) is 0 Å². The first-order valence-electron chi connectivity index (χ1n) is 6.92. The van der Waals surface area contributed by atoms with Crippen LogP contribution in [0.25, 0.3) is 10.6 Å². The zero-order valence-electron chi connectivity index (χ0n) is 12.1. The Morgan fingerprint density at radius 2 is 2.09 bits per heavy atom. The van der Waals surface area contributed by atoms with Crippen LogP contribution >= 0.6 is 11.3 Å². The van der Waals surface area contributed by atoms with Crippen LogP contribution in [-0.4, -0.2) is 15.9 Å². The second-order valence-corrected chi connectivity index (χ2v) is 5.69. The van der Waals surface area contributed by atoms with Crippen molar-refractivity contribution in [1.82, 2.24) is 9.97 Å². The fraction of sp³-hybridized carbons (Fsp3) is 0.188. The van der Waals surface area contributed by atoms with Crippen molar-refractivity contribution in [3.8, 4) is 10.6 Å². The molecular formula is C16H15N3O2S. The molecule has 0 radical (unpaired) electrons. The van der Waals surface area contributed by atoms with Crippen molar-refractivity contribution in [3.05, 3.63) is 53.6 Å². The molecule has 3 rings (SSSR count). The number of pyridine rings is 1. The van der Waals surface area contributed by atoms with Crippen molar-refractivity contribution < 1.29 is 9.21 Å². The summed E-state index contributed by atoms with van der Waals surface area (Å²) in [5.41, 5.74) is 0.992. The summed E-state index contributed by atoms with van der Waals surface area (Å²) in [6.45, 7) is 1.89. The van der Waals surface area contributed by atoms with Gasteiger partial charge in [0.05, 0.1) is 0 Å². The van der Waals surface area contributed by atoms with E-state index in [1.807, 2.05) is 36.6 Å². The van der Waals surface area contributed by atoms with Crippen molar-refractivity contribution in [2.45, 2.75) is 19.8 Å². The molecule has 0 aliphatic heterocycles. The Morgan fingerprint density at radius 1 is 1.27 bits per heavy atom. The molecule has 3 heterocycles. The largest absolute Gasteiger partial charge is 0.466 e. The molecule has 0 saturated carbocycles. The highest BCUT2D eigenvalue weighted by molar-refractivity contribution is 7.13. The molecule has 0 aliphatic rings. The van der Waals surface area contributed by atoms with Crippen molar-refractivity contribution in [2.24, 2.45) is 0 Å². The van der Waals surface area contributed by atoms with Gasteiger partial charge in [0.2, 0.25) is 5.91 Å². The van der Waals surface area contributed by atoms with Gasteiger partial charge < -0.3 is 9.73 Å². The van der Waals surface area contributed by atoms with Crippen LogP contribution in [0, 0.1) is 6.92 Å². The summed E-state index contributed by atoms with van der Waals surface area (Å²) in [5.74, 6) is 2.19. The van der Waals surface area contributed by atoms with E-state index in [4.69, 9.17) is 4.42 Å². The number of hydrogen-bond acceptors (Lipinski definition) is 5. The molecule has 3 aromatic heterocycles. The number of aromatic nitrogens is 2. The Labute approximate surface area is 132 Å². The van der Waals surface area contributed by atoms with Crippen LogP contribution < -0.4 is 5.32 Å². The van der Waals surface area contributed by atoms with Crippen molar-refractivity contribution >= 4 is 23.1 Å². The molecule has 0 atom stereocenters. The van der Waals surface area contributed by atoms with Crippen LogP contribution in [0.15, 0.2) is 46.5 Å². The van der Waals surface area contributed by atoms with Gasteiger partial charge in [-0.15, -0.1) is 11.3 Å². The molecule has 0 saturated heterocycles. The number of carbonyl (C=O) groups excluding carboxylic acids is 1. The van der Waals surface area contributed by atoms with Crippen LogP contribution in [-0.2, 0) is 11.2 Å². The zero-order valence-corrected chi connectivity index (χ0v) is 12.9. The number of aryl methyl sites for hydroxylation is 2. The SMILES string of the molecule is Cc1ccc(CCC(=O)Nc2csc(-c3ccncc3)n2)o1. The van der Waals surface area contributed by atoms with E-state index in [9.17, 15) is 4.79 Å². The predicted octanol–water partition coefficient (Wildman–Crippen LogP) is 3.68. The number of nitrogens with one attached hydrogen (secondary N) is 1. The van der Waals surface area contributed by atoms with Crippen molar-refractivity contribution in [2.75, 3.05) is 5.32 Å². The number of nitrogens with zero attached hydrogens (tertiary/aromatic N) is 2. The highest BCUT2D eigenvalue weighted by Gasteiger charge is 2.09. The van der Waals surface area contributed by atoms with Crippen LogP contribution in [0.1, 0.15) is 17.9 Å². The lowest BCUT2D eigenvalue weighted by molar-refractivity contribution is -0.116. The maximum Gasteiger partial charge on any atom is 0.225 e. The van der Waals surface area contributed by atoms with Gasteiger partial charge in [-0.3, -0.25) is 9.78 Å². The lowest BCUT2D eigenvalue weighted by Gasteiger charge is -2.00. The Hall–Kier alpha value is -2.47. The minimum absolute atomic E-state index is 0.0689. The van der Waals surface area contributed by atoms with E-state index in [1.54, 1.807) is 12.4 Å².